The number of nitrogens with one attached hydrogen (secondary N) is 4. The molecule has 0 unspecified atom stereocenters. The number of unbranched alkanes of at least 4 members (excludes halogenated alkanes) is 8. The zero-order valence-electron chi connectivity index (χ0n) is 37.0. The van der Waals surface area contributed by atoms with E-state index < -0.39 is 17.9 Å². The lowest BCUT2D eigenvalue weighted by molar-refractivity contribution is -0.139. The molecule has 4 heterocycles. The zero-order valence-corrected chi connectivity index (χ0v) is 37.0. The number of hydrogen-bond donors (Lipinski definition) is 8. The maximum atomic E-state index is 12.9. The number of imidazole rings is 1. The highest BCUT2D eigenvalue weighted by Gasteiger charge is 2.22. The van der Waals surface area contributed by atoms with Crippen LogP contribution in [0.25, 0.3) is 22.3 Å². The van der Waals surface area contributed by atoms with Gasteiger partial charge in [-0.05, 0) is 54.7 Å². The third-order valence-corrected chi connectivity index (χ3v) is 10.8. The Morgan fingerprint density at radius 2 is 1.41 bits per heavy atom. The summed E-state index contributed by atoms with van der Waals surface area (Å²) in [7, 11) is 1.84. The van der Waals surface area contributed by atoms with Crippen LogP contribution in [0.3, 0.4) is 0 Å². The summed E-state index contributed by atoms with van der Waals surface area (Å²) in [5.74, 6) is -1.43. The second-order valence-corrected chi connectivity index (χ2v) is 16.0. The molecule has 0 aliphatic rings. The number of rotatable bonds is 26. The molecule has 6 rings (SSSR count). The fourth-order valence-electron chi connectivity index (χ4n) is 7.12. The number of carbonyl (C=O) groups is 4. The van der Waals surface area contributed by atoms with Gasteiger partial charge >= 0.3 is 5.97 Å². The fraction of sp³-hybridized carbons (Fsp3) is 0.400. The predicted molar refractivity (Wildman–Crippen MR) is 249 cm³/mol. The summed E-state index contributed by atoms with van der Waals surface area (Å²) in [6, 6.07) is 13.3. The molecule has 0 radical (unpaired) electrons. The first-order valence-corrected chi connectivity index (χ1v) is 22.0. The molecule has 2 aromatic carbocycles. The molecule has 3 amide bonds. The topological polar surface area (TPSA) is 321 Å². The zero-order chi connectivity index (χ0) is 46.8. The number of fused-ring (bicyclic) bond motifs is 2. The van der Waals surface area contributed by atoms with Crippen molar-refractivity contribution in [1.29, 1.82) is 0 Å². The lowest BCUT2D eigenvalue weighted by Crippen LogP contribution is -2.41. The number of amides is 3. The number of aromatic nitrogens is 8. The molecule has 11 N–H and O–H groups in total. The average Bonchev–Trinajstić information content (AvgIpc) is 3.78. The van der Waals surface area contributed by atoms with Gasteiger partial charge < -0.3 is 52.9 Å². The number of aromatic amines is 1. The van der Waals surface area contributed by atoms with Crippen molar-refractivity contribution < 1.29 is 29.0 Å². The van der Waals surface area contributed by atoms with E-state index in [2.05, 4.69) is 55.8 Å². The van der Waals surface area contributed by atoms with Crippen LogP contribution in [0, 0.1) is 0 Å². The molecular formula is C45H57N15O6. The van der Waals surface area contributed by atoms with Crippen molar-refractivity contribution in [2.45, 2.75) is 103 Å². The van der Waals surface area contributed by atoms with Crippen molar-refractivity contribution in [2.75, 3.05) is 35.7 Å². The summed E-state index contributed by atoms with van der Waals surface area (Å²) in [6.45, 7) is 1.62. The third-order valence-electron chi connectivity index (χ3n) is 10.8. The van der Waals surface area contributed by atoms with E-state index >= 15 is 0 Å². The molecular weight excluding hydrogens is 847 g/mol. The highest BCUT2D eigenvalue weighted by Crippen LogP contribution is 2.22. The van der Waals surface area contributed by atoms with Gasteiger partial charge in [0, 0.05) is 44.2 Å². The SMILES string of the molecule is CN(Cc1cnc2nc(N)nc(N)c2n1)c1ccc(C(=O)N[C@@H](CCC(=O)NCCCCCCCCCCCC(=O)NCc2ccc(COc3nc(N)nc4[nH]cnc34)cc2)C(=O)O)cc1. The number of carboxylic acid groups (broad SMARTS) is 1. The van der Waals surface area contributed by atoms with Crippen LogP contribution in [-0.4, -0.2) is 88.3 Å². The minimum atomic E-state index is -1.22. The summed E-state index contributed by atoms with van der Waals surface area (Å²) in [5.41, 5.74) is 22.6. The van der Waals surface area contributed by atoms with E-state index in [1.165, 1.54) is 6.33 Å². The third kappa shape index (κ3) is 14.4. The van der Waals surface area contributed by atoms with E-state index in [0.717, 1.165) is 74.6 Å². The van der Waals surface area contributed by atoms with Crippen LogP contribution in [0.15, 0.2) is 61.1 Å². The van der Waals surface area contributed by atoms with Gasteiger partial charge in [-0.25, -0.2) is 19.7 Å². The Morgan fingerprint density at radius 3 is 2.14 bits per heavy atom. The molecule has 0 aliphatic carbocycles. The maximum Gasteiger partial charge on any atom is 0.326 e. The Morgan fingerprint density at radius 1 is 0.742 bits per heavy atom. The molecule has 1 atom stereocenters. The van der Waals surface area contributed by atoms with E-state index in [0.29, 0.717) is 60.0 Å². The summed E-state index contributed by atoms with van der Waals surface area (Å²) in [6.07, 6.45) is 12.6. The van der Waals surface area contributed by atoms with Crippen molar-refractivity contribution in [1.82, 2.24) is 55.8 Å². The van der Waals surface area contributed by atoms with Crippen molar-refractivity contribution in [2.24, 2.45) is 0 Å². The number of aliphatic carboxylic acids is 1. The molecule has 21 heteroatoms. The van der Waals surface area contributed by atoms with E-state index in [4.69, 9.17) is 21.9 Å². The largest absolute Gasteiger partial charge is 0.480 e. The van der Waals surface area contributed by atoms with Crippen molar-refractivity contribution >= 4 is 69.4 Å². The highest BCUT2D eigenvalue weighted by atomic mass is 16.5. The average molecular weight is 904 g/mol. The molecule has 6 aromatic rings. The molecule has 0 fully saturated rings. The van der Waals surface area contributed by atoms with Crippen molar-refractivity contribution in [3.05, 3.63) is 83.4 Å². The standard InChI is InChI=1S/C45H57N15O6/c1-60(25-31-24-51-39-36(54-31)38(46)56-44(47)57-39)32-18-16-30(17-19-32)41(63)55-33(43(64)65)20-21-35(62)49-22-10-8-6-4-2-3-5-7-9-11-34(61)50-23-28-12-14-29(15-13-28)26-66-42-37-40(53-27-52-37)58-45(48)59-42/h12-19,24,27,33H,2-11,20-23,25-26H2,1H3,(H,49,62)(H,50,61)(H,55,63)(H,64,65)(H4,46,47,51,56,57)(H3,48,52,53,58,59)/t33-/m0/s1. The van der Waals surface area contributed by atoms with Crippen LogP contribution < -0.4 is 42.8 Å². The van der Waals surface area contributed by atoms with Gasteiger partial charge in [0.05, 0.1) is 24.8 Å². The lowest BCUT2D eigenvalue weighted by Gasteiger charge is -2.19. The van der Waals surface area contributed by atoms with Gasteiger partial charge in [0.15, 0.2) is 28.1 Å². The summed E-state index contributed by atoms with van der Waals surface area (Å²) in [5, 5.41) is 18.1. The molecule has 348 valence electrons. The van der Waals surface area contributed by atoms with Gasteiger partial charge in [-0.2, -0.15) is 19.9 Å². The van der Waals surface area contributed by atoms with Crippen molar-refractivity contribution in [3.63, 3.8) is 0 Å². The Labute approximate surface area is 381 Å². The van der Waals surface area contributed by atoms with Gasteiger partial charge in [0.1, 0.15) is 12.6 Å². The van der Waals surface area contributed by atoms with Gasteiger partial charge in [0.25, 0.3) is 5.91 Å². The Balaban J connectivity index is 0.754. The number of carbonyl (C=O) groups excluding carboxylic acids is 3. The number of hydrogen-bond acceptors (Lipinski definition) is 16. The number of carboxylic acids is 1. The number of benzene rings is 2. The summed E-state index contributed by atoms with van der Waals surface area (Å²) >= 11 is 0. The first kappa shape index (κ1) is 47.8. The Bertz CT molecular complexity index is 2570. The molecule has 0 bridgehead atoms. The second-order valence-electron chi connectivity index (χ2n) is 16.0. The van der Waals surface area contributed by atoms with Crippen LogP contribution in [0.2, 0.25) is 0 Å². The van der Waals surface area contributed by atoms with E-state index in [9.17, 15) is 24.3 Å². The highest BCUT2D eigenvalue weighted by molar-refractivity contribution is 5.97. The first-order valence-electron chi connectivity index (χ1n) is 22.0. The predicted octanol–water partition coefficient (Wildman–Crippen LogP) is 4.34. The number of nitrogens with zero attached hydrogens (tertiary/aromatic N) is 8. The van der Waals surface area contributed by atoms with E-state index in [1.807, 2.05) is 36.2 Å². The monoisotopic (exact) mass is 903 g/mol. The van der Waals surface area contributed by atoms with E-state index in [1.54, 1.807) is 30.5 Å². The second kappa shape index (κ2) is 23.8. The molecule has 66 heavy (non-hydrogen) atoms. The minimum Gasteiger partial charge on any atom is -0.480 e. The molecule has 21 nitrogen and oxygen atoms in total. The Kier molecular flexibility index (Phi) is 17.2. The molecule has 4 aromatic heterocycles. The summed E-state index contributed by atoms with van der Waals surface area (Å²) in [4.78, 5) is 83.7. The van der Waals surface area contributed by atoms with E-state index in [-0.39, 0.29) is 54.5 Å². The van der Waals surface area contributed by atoms with Crippen LogP contribution in [0.5, 0.6) is 5.88 Å². The molecule has 0 spiro atoms. The number of anilines is 4. The smallest absolute Gasteiger partial charge is 0.326 e. The fourth-order valence-corrected chi connectivity index (χ4v) is 7.12. The number of ether oxygens (including phenoxy) is 1. The van der Waals surface area contributed by atoms with Crippen LogP contribution in [0.1, 0.15) is 104 Å². The summed E-state index contributed by atoms with van der Waals surface area (Å²) < 4.78 is 5.83. The van der Waals surface area contributed by atoms with Crippen LogP contribution in [0.4, 0.5) is 23.4 Å². The number of H-pyrrole nitrogens is 1. The first-order chi connectivity index (χ1) is 31.9. The number of nitrogens with two attached hydrogens (primary N) is 3. The minimum absolute atomic E-state index is 0.0144. The van der Waals surface area contributed by atoms with Crippen LogP contribution >= 0.6 is 0 Å². The van der Waals surface area contributed by atoms with Gasteiger partial charge in [-0.15, -0.1) is 0 Å². The molecule has 0 saturated heterocycles. The van der Waals surface area contributed by atoms with Gasteiger partial charge in [-0.3, -0.25) is 14.4 Å². The lowest BCUT2D eigenvalue weighted by atomic mass is 10.1. The normalized spacial score (nSPS) is 11.6. The Hall–Kier alpha value is -7.71. The molecule has 0 aliphatic heterocycles. The molecule has 0 saturated carbocycles. The maximum absolute atomic E-state index is 12.9. The van der Waals surface area contributed by atoms with Crippen LogP contribution in [-0.2, 0) is 34.1 Å². The van der Waals surface area contributed by atoms with Gasteiger partial charge in [-0.1, -0.05) is 69.2 Å². The number of nitrogen functional groups attached to an aromatic ring is 3. The quantitative estimate of drug-likeness (QED) is 0.0351. The van der Waals surface area contributed by atoms with Gasteiger partial charge in [0.2, 0.25) is 29.6 Å². The van der Waals surface area contributed by atoms with Crippen molar-refractivity contribution in [3.8, 4) is 5.88 Å².